The number of carbonyl (C=O) groups excluding carboxylic acids is 2. The molecular weight excluding hydrogens is 445 g/mol. The van der Waals surface area contributed by atoms with Crippen molar-refractivity contribution in [2.24, 2.45) is 5.92 Å². The first-order valence-electron chi connectivity index (χ1n) is 10.6. The predicted octanol–water partition coefficient (Wildman–Crippen LogP) is 5.66. The van der Waals surface area contributed by atoms with E-state index >= 15 is 0 Å². The molecule has 4 rings (SSSR count). The number of rotatable bonds is 6. The van der Waals surface area contributed by atoms with Gasteiger partial charge in [-0.05, 0) is 84.8 Å². The van der Waals surface area contributed by atoms with E-state index in [1.165, 1.54) is 0 Å². The number of phenolic OH excluding ortho intramolecular Hbond substituents is 1. The summed E-state index contributed by atoms with van der Waals surface area (Å²) in [6, 6.07) is 17.8. The number of halogens is 2. The monoisotopic (exact) mass is 467 g/mol. The molecule has 1 aliphatic rings. The van der Waals surface area contributed by atoms with Gasteiger partial charge in [0.2, 0.25) is 0 Å². The number of aromatic hydroxyl groups is 1. The normalized spacial score (nSPS) is 15.3. The molecule has 2 N–H and O–H groups in total. The van der Waals surface area contributed by atoms with E-state index in [9.17, 15) is 14.7 Å². The predicted molar refractivity (Wildman–Crippen MR) is 127 cm³/mol. The third kappa shape index (κ3) is 5.14. The summed E-state index contributed by atoms with van der Waals surface area (Å²) < 4.78 is 0. The molecule has 0 radical (unpaired) electrons. The van der Waals surface area contributed by atoms with Gasteiger partial charge in [0.1, 0.15) is 5.75 Å². The van der Waals surface area contributed by atoms with E-state index in [-0.39, 0.29) is 23.4 Å². The number of fused-ring (bicyclic) bond motifs is 1. The van der Waals surface area contributed by atoms with Crippen LogP contribution in [0.3, 0.4) is 0 Å². The number of hydrogen-bond donors (Lipinski definition) is 2. The van der Waals surface area contributed by atoms with Gasteiger partial charge in [-0.3, -0.25) is 9.59 Å². The van der Waals surface area contributed by atoms with Crippen LogP contribution in [0.25, 0.3) is 0 Å². The van der Waals surface area contributed by atoms with Crippen LogP contribution in [-0.4, -0.2) is 23.3 Å². The second-order valence-corrected chi connectivity index (χ2v) is 8.91. The lowest BCUT2D eigenvalue weighted by Crippen LogP contribution is -2.26. The van der Waals surface area contributed by atoms with Crippen molar-refractivity contribution >= 4 is 34.9 Å². The Kier molecular flexibility index (Phi) is 6.83. The van der Waals surface area contributed by atoms with Crippen LogP contribution < -0.4 is 5.32 Å². The van der Waals surface area contributed by atoms with Crippen LogP contribution in [0, 0.1) is 5.92 Å². The highest BCUT2D eigenvalue weighted by molar-refractivity contribution is 6.42. The zero-order chi connectivity index (χ0) is 22.7. The lowest BCUT2D eigenvalue weighted by atomic mass is 9.79. The summed E-state index contributed by atoms with van der Waals surface area (Å²) in [5.41, 5.74) is 4.23. The number of hydrogen-bond acceptors (Lipinski definition) is 3. The van der Waals surface area contributed by atoms with E-state index < -0.39 is 0 Å². The van der Waals surface area contributed by atoms with Gasteiger partial charge in [-0.15, -0.1) is 0 Å². The SMILES string of the molecule is O=C(NCCc1ccc(Cl)c(Cl)c1)c1ccc(CC2CCc3cc(O)ccc3C2=O)cc1. The summed E-state index contributed by atoms with van der Waals surface area (Å²) in [4.78, 5) is 25.3. The molecule has 164 valence electrons. The molecule has 0 heterocycles. The van der Waals surface area contributed by atoms with Crippen LogP contribution in [0.15, 0.2) is 60.7 Å². The highest BCUT2D eigenvalue weighted by Crippen LogP contribution is 2.30. The molecular formula is C26H23Cl2NO3. The molecule has 0 aromatic heterocycles. The number of phenols is 1. The number of aryl methyl sites for hydroxylation is 1. The van der Waals surface area contributed by atoms with Gasteiger partial charge in [0.05, 0.1) is 10.0 Å². The minimum Gasteiger partial charge on any atom is -0.508 e. The maximum absolute atomic E-state index is 12.8. The van der Waals surface area contributed by atoms with E-state index in [1.54, 1.807) is 42.5 Å². The van der Waals surface area contributed by atoms with E-state index in [1.807, 2.05) is 18.2 Å². The van der Waals surface area contributed by atoms with Crippen LogP contribution >= 0.6 is 23.2 Å². The second-order valence-electron chi connectivity index (χ2n) is 8.10. The Hall–Kier alpha value is -2.82. The van der Waals surface area contributed by atoms with Gasteiger partial charge >= 0.3 is 0 Å². The summed E-state index contributed by atoms with van der Waals surface area (Å²) in [5, 5.41) is 13.6. The third-order valence-electron chi connectivity index (χ3n) is 5.87. The van der Waals surface area contributed by atoms with Crippen LogP contribution in [0.4, 0.5) is 0 Å². The van der Waals surface area contributed by atoms with Gasteiger partial charge < -0.3 is 10.4 Å². The standard InChI is InChI=1S/C26H23Cl2NO3/c27-23-10-3-17(14-24(23)28)11-12-29-26(32)18-4-1-16(2-5-18)13-20-7-6-19-15-21(30)8-9-22(19)25(20)31/h1-5,8-10,14-15,20,30H,6-7,11-13H2,(H,29,32). The van der Waals surface area contributed by atoms with Crippen molar-refractivity contribution < 1.29 is 14.7 Å². The number of nitrogens with one attached hydrogen (secondary N) is 1. The van der Waals surface area contributed by atoms with E-state index in [0.29, 0.717) is 40.6 Å². The van der Waals surface area contributed by atoms with Crippen molar-refractivity contribution in [3.63, 3.8) is 0 Å². The summed E-state index contributed by atoms with van der Waals surface area (Å²) in [6.07, 6.45) is 2.83. The van der Waals surface area contributed by atoms with Gasteiger partial charge in [0.25, 0.3) is 5.91 Å². The molecule has 3 aromatic carbocycles. The fraction of sp³-hybridized carbons (Fsp3) is 0.231. The van der Waals surface area contributed by atoms with Crippen molar-refractivity contribution in [3.05, 3.63) is 98.5 Å². The number of amides is 1. The fourth-order valence-electron chi connectivity index (χ4n) is 4.10. The maximum atomic E-state index is 12.8. The van der Waals surface area contributed by atoms with Crippen LogP contribution in [-0.2, 0) is 19.3 Å². The fourth-order valence-corrected chi connectivity index (χ4v) is 4.42. The first kappa shape index (κ1) is 22.4. The Morgan fingerprint density at radius 2 is 1.72 bits per heavy atom. The Morgan fingerprint density at radius 1 is 0.969 bits per heavy atom. The highest BCUT2D eigenvalue weighted by atomic mass is 35.5. The Balaban J connectivity index is 1.31. The molecule has 0 spiro atoms. The molecule has 1 amide bonds. The van der Waals surface area contributed by atoms with Crippen molar-refractivity contribution in [2.45, 2.75) is 25.7 Å². The molecule has 0 aliphatic heterocycles. The number of ketones is 1. The Labute approximate surface area is 197 Å². The molecule has 4 nitrogen and oxygen atoms in total. The maximum Gasteiger partial charge on any atom is 0.251 e. The van der Waals surface area contributed by atoms with Crippen molar-refractivity contribution in [1.82, 2.24) is 5.32 Å². The highest BCUT2D eigenvalue weighted by Gasteiger charge is 2.27. The smallest absolute Gasteiger partial charge is 0.251 e. The quantitative estimate of drug-likeness (QED) is 0.491. The second kappa shape index (κ2) is 9.76. The van der Waals surface area contributed by atoms with Crippen molar-refractivity contribution in [2.75, 3.05) is 6.54 Å². The molecule has 1 aliphatic carbocycles. The van der Waals surface area contributed by atoms with Crippen LogP contribution in [0.2, 0.25) is 10.0 Å². The third-order valence-corrected chi connectivity index (χ3v) is 6.61. The lowest BCUT2D eigenvalue weighted by molar-refractivity contribution is 0.0899. The molecule has 0 saturated heterocycles. The van der Waals surface area contributed by atoms with E-state index in [4.69, 9.17) is 23.2 Å². The molecule has 1 unspecified atom stereocenters. The summed E-state index contributed by atoms with van der Waals surface area (Å²) in [6.45, 7) is 0.490. The molecule has 0 fully saturated rings. The number of benzene rings is 3. The summed E-state index contributed by atoms with van der Waals surface area (Å²) >= 11 is 12.0. The van der Waals surface area contributed by atoms with E-state index in [2.05, 4.69) is 5.32 Å². The molecule has 0 saturated carbocycles. The van der Waals surface area contributed by atoms with Gasteiger partial charge in [0.15, 0.2) is 5.78 Å². The van der Waals surface area contributed by atoms with Crippen molar-refractivity contribution in [1.29, 1.82) is 0 Å². The van der Waals surface area contributed by atoms with Gasteiger partial charge in [-0.25, -0.2) is 0 Å². The molecule has 0 bridgehead atoms. The minimum atomic E-state index is -0.140. The van der Waals surface area contributed by atoms with Gasteiger partial charge in [-0.1, -0.05) is 41.4 Å². The molecule has 32 heavy (non-hydrogen) atoms. The summed E-state index contributed by atoms with van der Waals surface area (Å²) in [7, 11) is 0. The molecule has 1 atom stereocenters. The zero-order valence-corrected chi connectivity index (χ0v) is 18.9. The topological polar surface area (TPSA) is 66.4 Å². The largest absolute Gasteiger partial charge is 0.508 e. The van der Waals surface area contributed by atoms with Crippen molar-refractivity contribution in [3.8, 4) is 5.75 Å². The van der Waals surface area contributed by atoms with Crippen LogP contribution in [0.1, 0.15) is 43.8 Å². The van der Waals surface area contributed by atoms with Gasteiger partial charge in [-0.2, -0.15) is 0 Å². The Morgan fingerprint density at radius 3 is 2.47 bits per heavy atom. The average molecular weight is 468 g/mol. The summed E-state index contributed by atoms with van der Waals surface area (Å²) in [5.74, 6) is 0.0909. The average Bonchev–Trinajstić information content (AvgIpc) is 2.78. The van der Waals surface area contributed by atoms with E-state index in [0.717, 1.165) is 29.5 Å². The number of Topliss-reactive ketones (excluding diaryl/α,β-unsaturated/α-hetero) is 1. The first-order chi connectivity index (χ1) is 15.4. The zero-order valence-electron chi connectivity index (χ0n) is 17.4. The lowest BCUT2D eigenvalue weighted by Gasteiger charge is -2.23. The first-order valence-corrected chi connectivity index (χ1v) is 11.3. The molecule has 3 aromatic rings. The minimum absolute atomic E-state index is 0.0853. The van der Waals surface area contributed by atoms with Gasteiger partial charge in [0, 0.05) is 23.6 Å². The van der Waals surface area contributed by atoms with Crippen LogP contribution in [0.5, 0.6) is 5.75 Å². The number of carbonyl (C=O) groups is 2. The Bertz CT molecular complexity index is 1160. The molecule has 6 heteroatoms.